The molecule has 0 saturated carbocycles. The van der Waals surface area contributed by atoms with Crippen LogP contribution in [0.2, 0.25) is 0 Å². The molecule has 17 heavy (non-hydrogen) atoms. The highest BCUT2D eigenvalue weighted by Gasteiger charge is 2.12. The van der Waals surface area contributed by atoms with E-state index in [-0.39, 0.29) is 0 Å². The van der Waals surface area contributed by atoms with Crippen LogP contribution in [0.5, 0.6) is 5.75 Å². The lowest BCUT2D eigenvalue weighted by Gasteiger charge is -2.16. The van der Waals surface area contributed by atoms with Gasteiger partial charge in [0.05, 0.1) is 13.7 Å². The van der Waals surface area contributed by atoms with Crippen molar-refractivity contribution in [1.82, 2.24) is 10.2 Å². The van der Waals surface area contributed by atoms with Gasteiger partial charge in [0.1, 0.15) is 5.75 Å². The number of benzene rings is 1. The molecule has 0 spiro atoms. The van der Waals surface area contributed by atoms with Gasteiger partial charge in [0.25, 0.3) is 0 Å². The lowest BCUT2D eigenvalue weighted by atomic mass is 10.2. The van der Waals surface area contributed by atoms with Gasteiger partial charge in [-0.2, -0.15) is 0 Å². The van der Waals surface area contributed by atoms with Gasteiger partial charge in [-0.25, -0.2) is 0 Å². The summed E-state index contributed by atoms with van der Waals surface area (Å²) < 4.78 is 6.38. The zero-order valence-electron chi connectivity index (χ0n) is 10.0. The maximum atomic E-state index is 5.33. The molecule has 0 saturated heterocycles. The predicted octanol–water partition coefficient (Wildman–Crippen LogP) is 1.85. The molecule has 1 aliphatic rings. The fraction of sp³-hybridized carbons (Fsp3) is 0.417. The van der Waals surface area contributed by atoms with E-state index in [1.807, 2.05) is 19.2 Å². The molecule has 0 atom stereocenters. The highest BCUT2D eigenvalue weighted by atomic mass is 79.9. The summed E-state index contributed by atoms with van der Waals surface area (Å²) in [6.07, 6.45) is 0. The second-order valence-electron chi connectivity index (χ2n) is 3.94. The summed E-state index contributed by atoms with van der Waals surface area (Å²) in [5, 5.41) is 3.32. The number of halogens is 1. The summed E-state index contributed by atoms with van der Waals surface area (Å²) in [5.41, 5.74) is 1.12. The molecule has 92 valence electrons. The maximum Gasteiger partial charge on any atom is 0.194 e. The Labute approximate surface area is 110 Å². The lowest BCUT2D eigenvalue weighted by molar-refractivity contribution is 0.408. The zero-order valence-corrected chi connectivity index (χ0v) is 11.6. The van der Waals surface area contributed by atoms with E-state index < -0.39 is 0 Å². The molecule has 0 unspecified atom stereocenters. The van der Waals surface area contributed by atoms with Crippen LogP contribution in [0.4, 0.5) is 0 Å². The van der Waals surface area contributed by atoms with Gasteiger partial charge in [-0.05, 0) is 18.2 Å². The van der Waals surface area contributed by atoms with Crippen LogP contribution in [0, 0.1) is 0 Å². The van der Waals surface area contributed by atoms with Gasteiger partial charge in [0.2, 0.25) is 0 Å². The molecule has 1 aromatic carbocycles. The number of aliphatic imine (C=N–C) groups is 1. The van der Waals surface area contributed by atoms with E-state index in [4.69, 9.17) is 4.74 Å². The number of nitrogens with zero attached hydrogens (tertiary/aromatic N) is 2. The molecular formula is C12H16BrN3O. The standard InChI is InChI=1S/C12H16BrN3O/c1-16-6-5-14-12(16)15-8-9-7-10(13)3-4-11(9)17-2/h3-4,7H,5-6,8H2,1-2H3,(H,14,15). The number of hydrogen-bond acceptors (Lipinski definition) is 4. The van der Waals surface area contributed by atoms with Crippen LogP contribution in [0.1, 0.15) is 5.56 Å². The topological polar surface area (TPSA) is 36.9 Å². The Morgan fingerprint density at radius 2 is 2.35 bits per heavy atom. The summed E-state index contributed by atoms with van der Waals surface area (Å²) in [5.74, 6) is 1.84. The van der Waals surface area contributed by atoms with Crippen LogP contribution in [0.3, 0.4) is 0 Å². The van der Waals surface area contributed by atoms with Crippen molar-refractivity contribution in [3.8, 4) is 5.75 Å². The van der Waals surface area contributed by atoms with Crippen molar-refractivity contribution in [2.24, 2.45) is 4.99 Å². The second kappa shape index (κ2) is 5.40. The van der Waals surface area contributed by atoms with Gasteiger partial charge in [0.15, 0.2) is 5.96 Å². The number of hydrogen-bond donors (Lipinski definition) is 1. The van der Waals surface area contributed by atoms with Crippen LogP contribution in [0.15, 0.2) is 27.7 Å². The van der Waals surface area contributed by atoms with Crippen LogP contribution >= 0.6 is 15.9 Å². The number of nitrogens with one attached hydrogen (secondary N) is 1. The van der Waals surface area contributed by atoms with Gasteiger partial charge in [-0.3, -0.25) is 4.99 Å². The molecule has 0 bridgehead atoms. The highest BCUT2D eigenvalue weighted by molar-refractivity contribution is 9.10. The van der Waals surface area contributed by atoms with Crippen molar-refractivity contribution >= 4 is 21.9 Å². The Morgan fingerprint density at radius 3 is 3.00 bits per heavy atom. The number of rotatable bonds is 3. The normalized spacial score (nSPS) is 14.8. The van der Waals surface area contributed by atoms with Crippen LogP contribution < -0.4 is 10.1 Å². The van der Waals surface area contributed by atoms with Crippen molar-refractivity contribution in [2.75, 3.05) is 27.2 Å². The number of likely N-dealkylation sites (N-methyl/N-ethyl adjacent to an activating group) is 1. The van der Waals surface area contributed by atoms with E-state index in [9.17, 15) is 0 Å². The number of methoxy groups -OCH3 is 1. The molecule has 0 aliphatic carbocycles. The molecule has 5 heteroatoms. The Hall–Kier alpha value is -1.23. The SMILES string of the molecule is COc1ccc(Br)cc1CNC1=NCCN1C. The Balaban J connectivity index is 2.05. The first kappa shape index (κ1) is 12.2. The van der Waals surface area contributed by atoms with Crippen molar-refractivity contribution in [3.05, 3.63) is 28.2 Å². The zero-order chi connectivity index (χ0) is 12.3. The predicted molar refractivity (Wildman–Crippen MR) is 72.5 cm³/mol. The van der Waals surface area contributed by atoms with E-state index in [1.54, 1.807) is 7.11 Å². The average Bonchev–Trinajstić information content (AvgIpc) is 2.72. The summed E-state index contributed by atoms with van der Waals surface area (Å²) >= 11 is 3.47. The summed E-state index contributed by atoms with van der Waals surface area (Å²) in [7, 11) is 3.73. The number of guanidine groups is 1. The maximum absolute atomic E-state index is 5.33. The molecular weight excluding hydrogens is 282 g/mol. The minimum atomic E-state index is 0.714. The van der Waals surface area contributed by atoms with Gasteiger partial charge in [-0.15, -0.1) is 0 Å². The molecule has 1 aromatic rings. The van der Waals surface area contributed by atoms with E-state index in [1.165, 1.54) is 0 Å². The molecule has 2 rings (SSSR count). The first-order valence-electron chi connectivity index (χ1n) is 5.52. The molecule has 1 N–H and O–H groups in total. The average molecular weight is 298 g/mol. The first-order valence-corrected chi connectivity index (χ1v) is 6.32. The second-order valence-corrected chi connectivity index (χ2v) is 4.85. The van der Waals surface area contributed by atoms with Crippen LogP contribution in [-0.4, -0.2) is 38.1 Å². The Morgan fingerprint density at radius 1 is 1.53 bits per heavy atom. The van der Waals surface area contributed by atoms with E-state index >= 15 is 0 Å². The molecule has 4 nitrogen and oxygen atoms in total. The molecule has 1 aliphatic heterocycles. The third-order valence-electron chi connectivity index (χ3n) is 2.74. The quantitative estimate of drug-likeness (QED) is 0.925. The van der Waals surface area contributed by atoms with Crippen LogP contribution in [-0.2, 0) is 6.54 Å². The highest BCUT2D eigenvalue weighted by Crippen LogP contribution is 2.22. The van der Waals surface area contributed by atoms with Crippen molar-refractivity contribution in [2.45, 2.75) is 6.54 Å². The number of ether oxygens (including phenoxy) is 1. The largest absolute Gasteiger partial charge is 0.496 e. The molecule has 1 heterocycles. The third kappa shape index (κ3) is 2.91. The molecule has 0 fully saturated rings. The molecule has 0 radical (unpaired) electrons. The van der Waals surface area contributed by atoms with E-state index in [0.717, 1.165) is 34.8 Å². The fourth-order valence-corrected chi connectivity index (χ4v) is 2.19. The van der Waals surface area contributed by atoms with Gasteiger partial charge < -0.3 is 15.0 Å². The Bertz CT molecular complexity index is 434. The van der Waals surface area contributed by atoms with Crippen molar-refractivity contribution in [3.63, 3.8) is 0 Å². The summed E-state index contributed by atoms with van der Waals surface area (Å²) in [6.45, 7) is 2.57. The summed E-state index contributed by atoms with van der Waals surface area (Å²) in [4.78, 5) is 6.50. The van der Waals surface area contributed by atoms with Crippen molar-refractivity contribution < 1.29 is 4.74 Å². The lowest BCUT2D eigenvalue weighted by Crippen LogP contribution is -2.35. The van der Waals surface area contributed by atoms with Crippen LogP contribution in [0.25, 0.3) is 0 Å². The molecule has 0 amide bonds. The smallest absolute Gasteiger partial charge is 0.194 e. The fourth-order valence-electron chi connectivity index (χ4n) is 1.78. The monoisotopic (exact) mass is 297 g/mol. The van der Waals surface area contributed by atoms with E-state index in [0.29, 0.717) is 6.54 Å². The Kier molecular flexibility index (Phi) is 3.89. The summed E-state index contributed by atoms with van der Waals surface area (Å²) in [6, 6.07) is 5.99. The van der Waals surface area contributed by atoms with Gasteiger partial charge >= 0.3 is 0 Å². The third-order valence-corrected chi connectivity index (χ3v) is 3.23. The van der Waals surface area contributed by atoms with Crippen molar-refractivity contribution in [1.29, 1.82) is 0 Å². The van der Waals surface area contributed by atoms with E-state index in [2.05, 4.69) is 37.2 Å². The minimum Gasteiger partial charge on any atom is -0.496 e. The first-order chi connectivity index (χ1) is 8.20. The molecule has 0 aromatic heterocycles. The minimum absolute atomic E-state index is 0.714. The van der Waals surface area contributed by atoms with Gasteiger partial charge in [0, 0.05) is 30.2 Å². The van der Waals surface area contributed by atoms with Gasteiger partial charge in [-0.1, -0.05) is 15.9 Å².